The van der Waals surface area contributed by atoms with Crippen LogP contribution in [0.15, 0.2) is 36.6 Å². The lowest BCUT2D eigenvalue weighted by atomic mass is 9.97. The standard InChI is InChI=1S/C26H28F3N5O/c1-3-24(35)32-25-31-15-22(6-9-26(27,28)29)34(25)21-7-10-33(11-8-21)16-20-5-4-19-12-18(14-30)13-23(19)17(20)2/h3-5,13,15,21H,1,6-12,16H2,2H3,(H,31,32,35). The molecule has 2 aromatic rings. The van der Waals surface area contributed by atoms with Crippen LogP contribution in [0.5, 0.6) is 0 Å². The van der Waals surface area contributed by atoms with Gasteiger partial charge in [-0.05, 0) is 60.6 Å². The predicted molar refractivity (Wildman–Crippen MR) is 127 cm³/mol. The van der Waals surface area contributed by atoms with E-state index in [9.17, 15) is 23.2 Å². The van der Waals surface area contributed by atoms with E-state index in [0.29, 0.717) is 12.1 Å². The number of carbonyl (C=O) groups is 1. The summed E-state index contributed by atoms with van der Waals surface area (Å²) in [6.45, 7) is 7.84. The molecule has 0 saturated carbocycles. The van der Waals surface area contributed by atoms with Gasteiger partial charge in [-0.3, -0.25) is 15.0 Å². The molecule has 1 saturated heterocycles. The van der Waals surface area contributed by atoms with Gasteiger partial charge in [0.2, 0.25) is 11.9 Å². The molecular formula is C26H28F3N5O. The Kier molecular flexibility index (Phi) is 7.13. The predicted octanol–water partition coefficient (Wildman–Crippen LogP) is 5.11. The topological polar surface area (TPSA) is 74.0 Å². The number of hydrogen-bond acceptors (Lipinski definition) is 4. The summed E-state index contributed by atoms with van der Waals surface area (Å²) < 4.78 is 40.4. The number of rotatable bonds is 7. The number of aromatic nitrogens is 2. The number of allylic oxidation sites excluding steroid dienone is 1. The summed E-state index contributed by atoms with van der Waals surface area (Å²) in [5.74, 6) is -0.183. The van der Waals surface area contributed by atoms with Crippen molar-refractivity contribution < 1.29 is 18.0 Å². The molecule has 1 fully saturated rings. The molecule has 6 nitrogen and oxygen atoms in total. The van der Waals surface area contributed by atoms with Crippen molar-refractivity contribution in [2.45, 2.75) is 57.8 Å². The average molecular weight is 484 g/mol. The fourth-order valence-corrected chi connectivity index (χ4v) is 4.95. The van der Waals surface area contributed by atoms with E-state index in [1.165, 1.54) is 22.9 Å². The van der Waals surface area contributed by atoms with Gasteiger partial charge in [0.25, 0.3) is 0 Å². The molecule has 1 aromatic heterocycles. The van der Waals surface area contributed by atoms with Crippen molar-refractivity contribution in [3.63, 3.8) is 0 Å². The minimum absolute atomic E-state index is 0.0562. The average Bonchev–Trinajstić information content (AvgIpc) is 3.44. The number of hydrogen-bond donors (Lipinski definition) is 1. The van der Waals surface area contributed by atoms with Crippen molar-refractivity contribution in [3.05, 3.63) is 64.5 Å². The Bertz CT molecular complexity index is 1200. The molecule has 1 aromatic carbocycles. The van der Waals surface area contributed by atoms with Gasteiger partial charge in [0.15, 0.2) is 0 Å². The summed E-state index contributed by atoms with van der Waals surface area (Å²) in [6.07, 6.45) is 1.27. The normalized spacial score (nSPS) is 16.5. The molecule has 2 aliphatic rings. The molecule has 1 aliphatic heterocycles. The van der Waals surface area contributed by atoms with E-state index in [2.05, 4.69) is 46.9 Å². The number of nitrogens with zero attached hydrogens (tertiary/aromatic N) is 4. The first kappa shape index (κ1) is 24.7. The fraction of sp³-hybridized carbons (Fsp3) is 0.423. The van der Waals surface area contributed by atoms with Gasteiger partial charge in [-0.25, -0.2) is 4.98 Å². The van der Waals surface area contributed by atoms with Crippen LogP contribution in [0.25, 0.3) is 6.08 Å². The summed E-state index contributed by atoms with van der Waals surface area (Å²) in [7, 11) is 0. The number of amides is 1. The number of piperidine rings is 1. The third kappa shape index (κ3) is 5.65. The van der Waals surface area contributed by atoms with Gasteiger partial charge in [-0.1, -0.05) is 18.7 Å². The molecule has 1 aliphatic carbocycles. The van der Waals surface area contributed by atoms with Crippen LogP contribution in [0.4, 0.5) is 19.1 Å². The Balaban J connectivity index is 1.46. The zero-order valence-corrected chi connectivity index (χ0v) is 19.7. The number of alkyl halides is 3. The number of imidazole rings is 1. The number of carbonyl (C=O) groups excluding carboxylic acids is 1. The lowest BCUT2D eigenvalue weighted by Gasteiger charge is -2.34. The van der Waals surface area contributed by atoms with Crippen LogP contribution in [0.3, 0.4) is 0 Å². The van der Waals surface area contributed by atoms with Crippen molar-refractivity contribution in [2.24, 2.45) is 0 Å². The van der Waals surface area contributed by atoms with Crippen LogP contribution < -0.4 is 5.32 Å². The van der Waals surface area contributed by atoms with Crippen LogP contribution in [-0.2, 0) is 24.2 Å². The Labute approximate surface area is 202 Å². The molecule has 1 amide bonds. The van der Waals surface area contributed by atoms with Gasteiger partial charge in [-0.2, -0.15) is 18.4 Å². The van der Waals surface area contributed by atoms with Crippen LogP contribution in [0, 0.1) is 18.3 Å². The number of likely N-dealkylation sites (tertiary alicyclic amines) is 1. The van der Waals surface area contributed by atoms with Crippen LogP contribution >= 0.6 is 0 Å². The zero-order chi connectivity index (χ0) is 25.2. The summed E-state index contributed by atoms with van der Waals surface area (Å²) in [6, 6.07) is 6.41. The second-order valence-corrected chi connectivity index (χ2v) is 9.14. The molecule has 0 atom stereocenters. The van der Waals surface area contributed by atoms with Crippen LogP contribution in [0.1, 0.15) is 53.3 Å². The Morgan fingerprint density at radius 2 is 2.09 bits per heavy atom. The first-order valence-electron chi connectivity index (χ1n) is 11.7. The molecular weight excluding hydrogens is 455 g/mol. The van der Waals surface area contributed by atoms with Crippen molar-refractivity contribution in [1.82, 2.24) is 14.5 Å². The lowest BCUT2D eigenvalue weighted by Crippen LogP contribution is -2.35. The van der Waals surface area contributed by atoms with Crippen molar-refractivity contribution >= 4 is 17.9 Å². The number of benzene rings is 1. The molecule has 35 heavy (non-hydrogen) atoms. The minimum atomic E-state index is -4.26. The molecule has 0 radical (unpaired) electrons. The van der Waals surface area contributed by atoms with E-state index in [-0.39, 0.29) is 18.4 Å². The number of aryl methyl sites for hydroxylation is 1. The Hall–Kier alpha value is -3.38. The lowest BCUT2D eigenvalue weighted by molar-refractivity contribution is -0.134. The number of nitriles is 1. The van der Waals surface area contributed by atoms with E-state index in [4.69, 9.17) is 0 Å². The third-order valence-corrected chi connectivity index (χ3v) is 6.84. The van der Waals surface area contributed by atoms with Gasteiger partial charge >= 0.3 is 6.18 Å². The summed E-state index contributed by atoms with van der Waals surface area (Å²) in [5, 5.41) is 11.9. The fourth-order valence-electron chi connectivity index (χ4n) is 4.95. The molecule has 1 N–H and O–H groups in total. The first-order chi connectivity index (χ1) is 16.7. The van der Waals surface area contributed by atoms with E-state index < -0.39 is 18.5 Å². The summed E-state index contributed by atoms with van der Waals surface area (Å²) in [4.78, 5) is 18.4. The first-order valence-corrected chi connectivity index (χ1v) is 11.7. The van der Waals surface area contributed by atoms with Crippen molar-refractivity contribution in [1.29, 1.82) is 5.26 Å². The Morgan fingerprint density at radius 1 is 1.34 bits per heavy atom. The minimum Gasteiger partial charge on any atom is -0.311 e. The third-order valence-electron chi connectivity index (χ3n) is 6.84. The molecule has 9 heteroatoms. The number of anilines is 1. The van der Waals surface area contributed by atoms with Crippen LogP contribution in [-0.4, -0.2) is 39.6 Å². The van der Waals surface area contributed by atoms with Gasteiger partial charge < -0.3 is 4.57 Å². The second-order valence-electron chi connectivity index (χ2n) is 9.14. The largest absolute Gasteiger partial charge is 0.389 e. The monoisotopic (exact) mass is 483 g/mol. The zero-order valence-electron chi connectivity index (χ0n) is 19.7. The molecule has 2 heterocycles. The molecule has 0 unspecified atom stereocenters. The quantitative estimate of drug-likeness (QED) is 0.556. The van der Waals surface area contributed by atoms with Gasteiger partial charge in [0.1, 0.15) is 0 Å². The maximum atomic E-state index is 12.9. The highest BCUT2D eigenvalue weighted by molar-refractivity contribution is 5.97. The highest BCUT2D eigenvalue weighted by Gasteiger charge is 2.30. The SMILES string of the molecule is C=CC(=O)Nc1ncc(CCC(F)(F)F)n1C1CCN(Cc2ccc3c(c2C)C=C(C#N)C3)CC1. The molecule has 4 rings (SSSR count). The second kappa shape index (κ2) is 10.1. The molecule has 184 valence electrons. The van der Waals surface area contributed by atoms with Crippen molar-refractivity contribution in [2.75, 3.05) is 18.4 Å². The van der Waals surface area contributed by atoms with Crippen LogP contribution in [0.2, 0.25) is 0 Å². The maximum Gasteiger partial charge on any atom is 0.389 e. The van der Waals surface area contributed by atoms with E-state index >= 15 is 0 Å². The van der Waals surface area contributed by atoms with Gasteiger partial charge in [0, 0.05) is 49.8 Å². The number of nitrogens with one attached hydrogen (secondary N) is 1. The summed E-state index contributed by atoms with van der Waals surface area (Å²) in [5.41, 5.74) is 5.97. The van der Waals surface area contributed by atoms with Gasteiger partial charge in [-0.15, -0.1) is 0 Å². The Morgan fingerprint density at radius 3 is 2.74 bits per heavy atom. The van der Waals surface area contributed by atoms with E-state index in [0.717, 1.165) is 49.7 Å². The number of halogens is 3. The smallest absolute Gasteiger partial charge is 0.311 e. The highest BCUT2D eigenvalue weighted by Crippen LogP contribution is 2.33. The van der Waals surface area contributed by atoms with Crippen molar-refractivity contribution in [3.8, 4) is 6.07 Å². The van der Waals surface area contributed by atoms with E-state index in [1.54, 1.807) is 4.57 Å². The number of fused-ring (bicyclic) bond motifs is 1. The molecule has 0 spiro atoms. The molecule has 0 bridgehead atoms. The highest BCUT2D eigenvalue weighted by atomic mass is 19.4. The maximum absolute atomic E-state index is 12.9. The summed E-state index contributed by atoms with van der Waals surface area (Å²) >= 11 is 0. The van der Waals surface area contributed by atoms with Gasteiger partial charge in [0.05, 0.1) is 12.3 Å². The van der Waals surface area contributed by atoms with E-state index in [1.807, 2.05) is 6.08 Å².